The Balaban J connectivity index is 1.99. The van der Waals surface area contributed by atoms with Crippen molar-refractivity contribution in [2.45, 2.75) is 31.3 Å². The van der Waals surface area contributed by atoms with Crippen molar-refractivity contribution >= 4 is 5.69 Å². The third kappa shape index (κ3) is 2.01. The molecule has 0 radical (unpaired) electrons. The van der Waals surface area contributed by atoms with Gasteiger partial charge in [0, 0.05) is 22.6 Å². The Morgan fingerprint density at radius 1 is 1.45 bits per heavy atom. The monoisotopic (exact) mass is 276 g/mol. The van der Waals surface area contributed by atoms with Crippen LogP contribution in [0, 0.1) is 5.82 Å². The van der Waals surface area contributed by atoms with Gasteiger partial charge in [0.25, 0.3) is 0 Å². The summed E-state index contributed by atoms with van der Waals surface area (Å²) in [5.41, 5.74) is 10.6. The minimum atomic E-state index is -0.215. The lowest BCUT2D eigenvalue weighted by atomic mass is 9.87. The van der Waals surface area contributed by atoms with Crippen LogP contribution in [0.3, 0.4) is 0 Å². The highest BCUT2D eigenvalue weighted by atomic mass is 19.1. The van der Waals surface area contributed by atoms with Crippen LogP contribution in [-0.4, -0.2) is 31.8 Å². The lowest BCUT2D eigenvalue weighted by molar-refractivity contribution is 0.190. The summed E-state index contributed by atoms with van der Waals surface area (Å²) < 4.78 is 19.0. The molecule has 2 atom stereocenters. The van der Waals surface area contributed by atoms with Crippen molar-refractivity contribution in [3.63, 3.8) is 0 Å². The van der Waals surface area contributed by atoms with Crippen molar-refractivity contribution in [1.82, 2.24) is 0 Å². The number of fused-ring (bicyclic) bond motifs is 1. The number of anilines is 1. The largest absolute Gasteiger partial charge is 0.379 e. The molecule has 0 spiro atoms. The van der Waals surface area contributed by atoms with Gasteiger partial charge >= 0.3 is 0 Å². The molecule has 0 aromatic heterocycles. The van der Waals surface area contributed by atoms with Crippen molar-refractivity contribution in [3.05, 3.63) is 40.0 Å². The van der Waals surface area contributed by atoms with E-state index in [0.717, 1.165) is 17.8 Å². The molecule has 2 aliphatic rings. The van der Waals surface area contributed by atoms with Crippen molar-refractivity contribution < 1.29 is 9.13 Å². The van der Waals surface area contributed by atoms with Gasteiger partial charge in [0.2, 0.25) is 0 Å². The van der Waals surface area contributed by atoms with Gasteiger partial charge in [-0.05, 0) is 29.3 Å². The van der Waals surface area contributed by atoms with Crippen LogP contribution >= 0.6 is 0 Å². The van der Waals surface area contributed by atoms with Gasteiger partial charge in [-0.3, -0.25) is 0 Å². The maximum absolute atomic E-state index is 13.5. The molecular formula is C14H17FN4O. The summed E-state index contributed by atoms with van der Waals surface area (Å²) in [6.07, 6.45) is 0. The number of hydrogen-bond donors (Lipinski definition) is 0. The topological polar surface area (TPSA) is 61.2 Å². The molecular weight excluding hydrogens is 259 g/mol. The van der Waals surface area contributed by atoms with Crippen LogP contribution in [0.15, 0.2) is 23.3 Å². The Hall–Kier alpha value is -1.78. The summed E-state index contributed by atoms with van der Waals surface area (Å²) in [4.78, 5) is 5.10. The molecule has 2 heterocycles. The molecule has 1 aromatic carbocycles. The van der Waals surface area contributed by atoms with Gasteiger partial charge < -0.3 is 9.64 Å². The number of rotatable bonds is 2. The first-order valence-corrected chi connectivity index (χ1v) is 6.71. The average molecular weight is 276 g/mol. The molecule has 2 aliphatic heterocycles. The summed E-state index contributed by atoms with van der Waals surface area (Å²) in [6.45, 7) is 5.96. The Kier molecular flexibility index (Phi) is 3.07. The number of ether oxygens (including phenoxy) is 1. The van der Waals surface area contributed by atoms with Crippen molar-refractivity contribution in [3.8, 4) is 0 Å². The van der Waals surface area contributed by atoms with Gasteiger partial charge in [0.05, 0.1) is 25.3 Å². The van der Waals surface area contributed by atoms with Gasteiger partial charge in [0.1, 0.15) is 5.82 Å². The first-order valence-electron chi connectivity index (χ1n) is 6.71. The second-order valence-electron chi connectivity index (χ2n) is 6.05. The van der Waals surface area contributed by atoms with E-state index in [1.165, 1.54) is 6.07 Å². The second-order valence-corrected chi connectivity index (χ2v) is 6.05. The van der Waals surface area contributed by atoms with Crippen LogP contribution in [0.5, 0.6) is 0 Å². The smallest absolute Gasteiger partial charge is 0.123 e. The Bertz CT molecular complexity index is 583. The third-order valence-corrected chi connectivity index (χ3v) is 4.18. The number of benzene rings is 1. The first-order chi connectivity index (χ1) is 9.53. The van der Waals surface area contributed by atoms with E-state index in [1.807, 2.05) is 6.07 Å². The molecule has 1 saturated heterocycles. The van der Waals surface area contributed by atoms with Gasteiger partial charge in [-0.1, -0.05) is 19.0 Å². The fourth-order valence-electron chi connectivity index (χ4n) is 3.20. The predicted molar refractivity (Wildman–Crippen MR) is 74.3 cm³/mol. The maximum Gasteiger partial charge on any atom is 0.123 e. The van der Waals surface area contributed by atoms with Crippen LogP contribution in [-0.2, 0) is 10.2 Å². The van der Waals surface area contributed by atoms with Crippen LogP contribution in [0.4, 0.5) is 10.1 Å². The molecule has 0 aliphatic carbocycles. The number of nitrogens with zero attached hydrogens (tertiary/aromatic N) is 4. The van der Waals surface area contributed by atoms with E-state index in [2.05, 4.69) is 28.8 Å². The highest BCUT2D eigenvalue weighted by Crippen LogP contribution is 2.43. The van der Waals surface area contributed by atoms with Gasteiger partial charge in [-0.15, -0.1) is 0 Å². The van der Waals surface area contributed by atoms with Crippen LogP contribution in [0.25, 0.3) is 10.4 Å². The van der Waals surface area contributed by atoms with E-state index in [-0.39, 0.29) is 23.3 Å². The fraction of sp³-hybridized carbons (Fsp3) is 0.571. The van der Waals surface area contributed by atoms with Crippen molar-refractivity contribution in [1.29, 1.82) is 0 Å². The molecule has 1 fully saturated rings. The molecule has 0 amide bonds. The molecule has 5 nitrogen and oxygen atoms in total. The van der Waals surface area contributed by atoms with E-state index < -0.39 is 0 Å². The van der Waals surface area contributed by atoms with Crippen molar-refractivity contribution in [2.75, 3.05) is 24.7 Å². The van der Waals surface area contributed by atoms with Gasteiger partial charge in [0.15, 0.2) is 0 Å². The van der Waals surface area contributed by atoms with Crippen LogP contribution in [0.1, 0.15) is 19.4 Å². The SMILES string of the molecule is CC1(C)CN([C@H]2COC[C@@H]2N=[N+]=[N-])c2ccc(F)cc21. The molecule has 0 unspecified atom stereocenters. The zero-order valence-corrected chi connectivity index (χ0v) is 11.6. The van der Waals surface area contributed by atoms with E-state index in [1.54, 1.807) is 6.07 Å². The third-order valence-electron chi connectivity index (χ3n) is 4.18. The number of azide groups is 1. The molecule has 1 aromatic rings. The number of hydrogen-bond acceptors (Lipinski definition) is 3. The first kappa shape index (κ1) is 13.2. The van der Waals surface area contributed by atoms with Crippen LogP contribution in [0.2, 0.25) is 0 Å². The lowest BCUT2D eigenvalue weighted by Gasteiger charge is -2.30. The molecule has 0 saturated carbocycles. The van der Waals surface area contributed by atoms with E-state index in [0.29, 0.717) is 13.2 Å². The number of halogens is 1. The molecule has 6 heteroatoms. The zero-order valence-electron chi connectivity index (χ0n) is 11.6. The molecule has 0 N–H and O–H groups in total. The minimum Gasteiger partial charge on any atom is -0.379 e. The molecule has 0 bridgehead atoms. The Labute approximate surface area is 117 Å². The van der Waals surface area contributed by atoms with Gasteiger partial charge in [-0.25, -0.2) is 4.39 Å². The Morgan fingerprint density at radius 3 is 3.00 bits per heavy atom. The fourth-order valence-corrected chi connectivity index (χ4v) is 3.20. The van der Waals surface area contributed by atoms with E-state index in [9.17, 15) is 4.39 Å². The molecule has 106 valence electrons. The standard InChI is InChI=1S/C14H17FN4O/c1-14(2)8-19(12-4-3-9(15)5-10(12)14)13-7-20-6-11(13)17-18-16/h3-5,11,13H,6-8H2,1-2H3/t11-,13-/m0/s1. The highest BCUT2D eigenvalue weighted by molar-refractivity contribution is 5.63. The highest BCUT2D eigenvalue weighted by Gasteiger charge is 2.42. The molecule has 3 rings (SSSR count). The normalized spacial score (nSPS) is 27.2. The van der Waals surface area contributed by atoms with E-state index in [4.69, 9.17) is 10.3 Å². The quantitative estimate of drug-likeness (QED) is 0.473. The minimum absolute atomic E-state index is 0.0249. The Morgan fingerprint density at radius 2 is 2.25 bits per heavy atom. The summed E-state index contributed by atoms with van der Waals surface area (Å²) in [7, 11) is 0. The van der Waals surface area contributed by atoms with E-state index >= 15 is 0 Å². The maximum atomic E-state index is 13.5. The van der Waals surface area contributed by atoms with Gasteiger partial charge in [-0.2, -0.15) is 0 Å². The summed E-state index contributed by atoms with van der Waals surface area (Å²) >= 11 is 0. The lowest BCUT2D eigenvalue weighted by Crippen LogP contribution is -2.43. The zero-order chi connectivity index (χ0) is 14.3. The average Bonchev–Trinajstić information content (AvgIpc) is 2.93. The second kappa shape index (κ2) is 4.65. The molecule has 20 heavy (non-hydrogen) atoms. The summed E-state index contributed by atoms with van der Waals surface area (Å²) in [5, 5.41) is 3.83. The summed E-state index contributed by atoms with van der Waals surface area (Å²) in [6, 6.07) is 4.73. The predicted octanol–water partition coefficient (Wildman–Crippen LogP) is 3.00. The van der Waals surface area contributed by atoms with Crippen molar-refractivity contribution in [2.24, 2.45) is 5.11 Å². The van der Waals surface area contributed by atoms with Crippen LogP contribution < -0.4 is 4.90 Å². The summed E-state index contributed by atoms with van der Waals surface area (Å²) in [5.74, 6) is -0.215.